The first kappa shape index (κ1) is 12.6. The van der Waals surface area contributed by atoms with Crippen LogP contribution in [0.4, 0.5) is 5.69 Å². The first-order valence-electron chi connectivity index (χ1n) is 5.46. The average molecular weight is 265 g/mol. The highest BCUT2D eigenvalue weighted by Gasteiger charge is 2.07. The first-order valence-corrected chi connectivity index (χ1v) is 7.35. The third-order valence-electron chi connectivity index (χ3n) is 2.51. The van der Waals surface area contributed by atoms with Gasteiger partial charge in [0, 0.05) is 32.2 Å². The minimum absolute atomic E-state index is 0.0905. The van der Waals surface area contributed by atoms with E-state index in [-0.39, 0.29) is 5.03 Å². The standard InChI is InChI=1S/C12H15N3O2S/c1-15-6-5-10(9-15)7-13-11-3-4-12(14-8-11)18(2,16)17/h3-6,8-9,13H,7H2,1-2H3. The van der Waals surface area contributed by atoms with Crippen LogP contribution in [0.2, 0.25) is 0 Å². The SMILES string of the molecule is Cn1ccc(CNc2ccc(S(C)(=O)=O)nc2)c1. The van der Waals surface area contributed by atoms with Gasteiger partial charge in [-0.15, -0.1) is 0 Å². The Morgan fingerprint density at radius 2 is 2.11 bits per heavy atom. The molecule has 0 spiro atoms. The van der Waals surface area contributed by atoms with E-state index in [2.05, 4.69) is 10.3 Å². The lowest BCUT2D eigenvalue weighted by atomic mass is 10.3. The van der Waals surface area contributed by atoms with Gasteiger partial charge in [0.05, 0.1) is 11.9 Å². The lowest BCUT2D eigenvalue weighted by Crippen LogP contribution is -2.02. The first-order chi connectivity index (χ1) is 8.45. The van der Waals surface area contributed by atoms with Crippen molar-refractivity contribution in [3.8, 4) is 0 Å². The molecule has 0 aliphatic rings. The van der Waals surface area contributed by atoms with Crippen LogP contribution in [0, 0.1) is 0 Å². The van der Waals surface area contributed by atoms with Gasteiger partial charge in [0.1, 0.15) is 0 Å². The van der Waals surface area contributed by atoms with Crippen LogP contribution in [0.15, 0.2) is 41.8 Å². The van der Waals surface area contributed by atoms with E-state index in [1.807, 2.05) is 30.1 Å². The summed E-state index contributed by atoms with van der Waals surface area (Å²) in [5, 5.41) is 3.27. The zero-order valence-corrected chi connectivity index (χ0v) is 11.1. The van der Waals surface area contributed by atoms with Gasteiger partial charge >= 0.3 is 0 Å². The third-order valence-corrected chi connectivity index (χ3v) is 3.51. The van der Waals surface area contributed by atoms with Crippen LogP contribution >= 0.6 is 0 Å². The van der Waals surface area contributed by atoms with E-state index >= 15 is 0 Å². The highest BCUT2D eigenvalue weighted by Crippen LogP contribution is 2.11. The molecule has 6 heteroatoms. The van der Waals surface area contributed by atoms with Crippen molar-refractivity contribution < 1.29 is 8.42 Å². The zero-order chi connectivity index (χ0) is 13.2. The molecular formula is C12H15N3O2S. The van der Waals surface area contributed by atoms with Gasteiger partial charge in [-0.1, -0.05) is 0 Å². The van der Waals surface area contributed by atoms with Crippen LogP contribution in [0.25, 0.3) is 0 Å². The predicted molar refractivity (Wildman–Crippen MR) is 70.1 cm³/mol. The van der Waals surface area contributed by atoms with Crippen molar-refractivity contribution in [3.63, 3.8) is 0 Å². The molecule has 0 bridgehead atoms. The molecular weight excluding hydrogens is 250 g/mol. The normalized spacial score (nSPS) is 11.4. The molecule has 0 unspecified atom stereocenters. The number of hydrogen-bond acceptors (Lipinski definition) is 4. The van der Waals surface area contributed by atoms with Crippen LogP contribution in [0.5, 0.6) is 0 Å². The van der Waals surface area contributed by atoms with Crippen LogP contribution in [-0.4, -0.2) is 24.2 Å². The molecule has 0 saturated heterocycles. The fourth-order valence-electron chi connectivity index (χ4n) is 1.57. The number of hydrogen-bond donors (Lipinski definition) is 1. The zero-order valence-electron chi connectivity index (χ0n) is 10.3. The second-order valence-electron chi connectivity index (χ2n) is 4.20. The van der Waals surface area contributed by atoms with Crippen LogP contribution in [0.1, 0.15) is 5.56 Å². The van der Waals surface area contributed by atoms with Crippen molar-refractivity contribution in [2.24, 2.45) is 7.05 Å². The predicted octanol–water partition coefficient (Wildman–Crippen LogP) is 1.44. The topological polar surface area (TPSA) is 64.0 Å². The van der Waals surface area contributed by atoms with Crippen molar-refractivity contribution in [2.75, 3.05) is 11.6 Å². The minimum Gasteiger partial charge on any atom is -0.380 e. The molecule has 0 aliphatic heterocycles. The maximum Gasteiger partial charge on any atom is 0.192 e. The lowest BCUT2D eigenvalue weighted by Gasteiger charge is -2.05. The summed E-state index contributed by atoms with van der Waals surface area (Å²) in [6, 6.07) is 5.24. The summed E-state index contributed by atoms with van der Waals surface area (Å²) in [7, 11) is -1.26. The molecule has 96 valence electrons. The van der Waals surface area contributed by atoms with Gasteiger partial charge in [0.25, 0.3) is 0 Å². The maximum absolute atomic E-state index is 11.2. The lowest BCUT2D eigenvalue weighted by molar-refractivity contribution is 0.598. The monoisotopic (exact) mass is 265 g/mol. The fourth-order valence-corrected chi connectivity index (χ4v) is 2.13. The van der Waals surface area contributed by atoms with E-state index in [4.69, 9.17) is 0 Å². The Hall–Kier alpha value is -1.82. The Kier molecular flexibility index (Phi) is 3.38. The Morgan fingerprint density at radius 1 is 1.33 bits per heavy atom. The maximum atomic E-state index is 11.2. The van der Waals surface area contributed by atoms with Crippen molar-refractivity contribution in [2.45, 2.75) is 11.6 Å². The van der Waals surface area contributed by atoms with Crippen molar-refractivity contribution in [1.82, 2.24) is 9.55 Å². The third kappa shape index (κ3) is 3.10. The molecule has 1 N–H and O–H groups in total. The smallest absolute Gasteiger partial charge is 0.192 e. The second kappa shape index (κ2) is 4.81. The molecule has 0 radical (unpaired) electrons. The van der Waals surface area contributed by atoms with Gasteiger partial charge in [-0.2, -0.15) is 0 Å². The Labute approximate surface area is 106 Å². The van der Waals surface area contributed by atoms with Crippen LogP contribution < -0.4 is 5.32 Å². The van der Waals surface area contributed by atoms with Crippen molar-refractivity contribution in [1.29, 1.82) is 0 Å². The van der Waals surface area contributed by atoms with Crippen LogP contribution in [0.3, 0.4) is 0 Å². The second-order valence-corrected chi connectivity index (χ2v) is 6.16. The molecule has 0 saturated carbocycles. The summed E-state index contributed by atoms with van der Waals surface area (Å²) < 4.78 is 24.5. The van der Waals surface area contributed by atoms with Gasteiger partial charge in [-0.3, -0.25) is 0 Å². The average Bonchev–Trinajstić information content (AvgIpc) is 2.72. The molecule has 0 aliphatic carbocycles. The van der Waals surface area contributed by atoms with E-state index in [9.17, 15) is 8.42 Å². The van der Waals surface area contributed by atoms with E-state index in [0.29, 0.717) is 6.54 Å². The summed E-state index contributed by atoms with van der Waals surface area (Å²) in [5.74, 6) is 0. The van der Waals surface area contributed by atoms with Gasteiger partial charge in [-0.05, 0) is 23.8 Å². The summed E-state index contributed by atoms with van der Waals surface area (Å²) in [6.45, 7) is 0.681. The van der Waals surface area contributed by atoms with E-state index in [1.165, 1.54) is 12.3 Å². The van der Waals surface area contributed by atoms with Gasteiger partial charge in [0.15, 0.2) is 14.9 Å². The number of anilines is 1. The molecule has 0 amide bonds. The molecule has 0 fully saturated rings. The molecule has 0 aromatic carbocycles. The number of sulfone groups is 1. The van der Waals surface area contributed by atoms with E-state index in [1.54, 1.807) is 6.07 Å². The van der Waals surface area contributed by atoms with Crippen LogP contribution in [-0.2, 0) is 23.4 Å². The Bertz CT molecular complexity index is 630. The molecule has 0 atom stereocenters. The molecule has 2 aromatic heterocycles. The fraction of sp³-hybridized carbons (Fsp3) is 0.250. The van der Waals surface area contributed by atoms with Gasteiger partial charge < -0.3 is 9.88 Å². The van der Waals surface area contributed by atoms with E-state index < -0.39 is 9.84 Å². The molecule has 2 heterocycles. The van der Waals surface area contributed by atoms with Gasteiger partial charge in [-0.25, -0.2) is 13.4 Å². The van der Waals surface area contributed by atoms with Crippen molar-refractivity contribution >= 4 is 15.5 Å². The minimum atomic E-state index is -3.23. The van der Waals surface area contributed by atoms with Gasteiger partial charge in [0.2, 0.25) is 0 Å². The Balaban J connectivity index is 2.03. The number of aromatic nitrogens is 2. The Morgan fingerprint density at radius 3 is 2.61 bits per heavy atom. The van der Waals surface area contributed by atoms with Crippen molar-refractivity contribution in [3.05, 3.63) is 42.4 Å². The highest BCUT2D eigenvalue weighted by atomic mass is 32.2. The largest absolute Gasteiger partial charge is 0.380 e. The highest BCUT2D eigenvalue weighted by molar-refractivity contribution is 7.90. The number of nitrogens with zero attached hydrogens (tertiary/aromatic N) is 2. The summed E-state index contributed by atoms with van der Waals surface area (Å²) in [4.78, 5) is 3.91. The quantitative estimate of drug-likeness (QED) is 0.908. The number of aryl methyl sites for hydroxylation is 1. The molecule has 2 rings (SSSR count). The number of nitrogens with one attached hydrogen (secondary N) is 1. The summed E-state index contributed by atoms with van der Waals surface area (Å²) in [5.41, 5.74) is 1.95. The number of pyridine rings is 1. The molecule has 18 heavy (non-hydrogen) atoms. The number of rotatable bonds is 4. The van der Waals surface area contributed by atoms with E-state index in [0.717, 1.165) is 17.5 Å². The molecule has 5 nitrogen and oxygen atoms in total. The molecule has 2 aromatic rings. The summed E-state index contributed by atoms with van der Waals surface area (Å²) in [6.07, 6.45) is 6.67. The summed E-state index contributed by atoms with van der Waals surface area (Å²) >= 11 is 0.